The van der Waals surface area contributed by atoms with Gasteiger partial charge in [-0.25, -0.2) is 0 Å². The highest BCUT2D eigenvalue weighted by atomic mass is 32.2. The van der Waals surface area contributed by atoms with Crippen molar-refractivity contribution in [3.8, 4) is 6.07 Å². The molecule has 1 aliphatic rings. The molecule has 4 heteroatoms. The fraction of sp³-hybridized carbons (Fsp3) is 0.263. The van der Waals surface area contributed by atoms with Gasteiger partial charge in [0.25, 0.3) is 5.91 Å². The number of carbonyl (C=O) groups is 1. The predicted octanol–water partition coefficient (Wildman–Crippen LogP) is 4.24. The van der Waals surface area contributed by atoms with E-state index in [1.165, 1.54) is 0 Å². The van der Waals surface area contributed by atoms with Gasteiger partial charge >= 0.3 is 0 Å². The molecule has 0 radical (unpaired) electrons. The van der Waals surface area contributed by atoms with Crippen molar-refractivity contribution in [1.29, 1.82) is 5.26 Å². The summed E-state index contributed by atoms with van der Waals surface area (Å²) in [5, 5.41) is 9.26. The average molecular weight is 322 g/mol. The lowest BCUT2D eigenvalue weighted by molar-refractivity contribution is 0.0992. The predicted molar refractivity (Wildman–Crippen MR) is 93.9 cm³/mol. The molecule has 0 N–H and O–H groups in total. The van der Waals surface area contributed by atoms with Crippen LogP contribution in [-0.2, 0) is 5.41 Å². The first-order chi connectivity index (χ1) is 11.1. The number of nitriles is 1. The molecule has 0 aromatic heterocycles. The summed E-state index contributed by atoms with van der Waals surface area (Å²) >= 11 is 1.62. The van der Waals surface area contributed by atoms with Crippen LogP contribution in [0.2, 0.25) is 0 Å². The summed E-state index contributed by atoms with van der Waals surface area (Å²) in [7, 11) is 1.79. The molecule has 0 aliphatic heterocycles. The van der Waals surface area contributed by atoms with Crippen LogP contribution in [0.1, 0.15) is 28.8 Å². The van der Waals surface area contributed by atoms with Gasteiger partial charge in [-0.05, 0) is 48.9 Å². The van der Waals surface area contributed by atoms with Crippen molar-refractivity contribution in [2.24, 2.45) is 0 Å². The second-order valence-electron chi connectivity index (χ2n) is 5.81. The second kappa shape index (κ2) is 6.10. The van der Waals surface area contributed by atoms with Gasteiger partial charge < -0.3 is 4.90 Å². The molecule has 0 bridgehead atoms. The van der Waals surface area contributed by atoms with E-state index in [1.807, 2.05) is 54.8 Å². The molecule has 0 heterocycles. The summed E-state index contributed by atoms with van der Waals surface area (Å²) in [6.07, 6.45) is 3.83. The summed E-state index contributed by atoms with van der Waals surface area (Å²) in [6, 6.07) is 17.7. The van der Waals surface area contributed by atoms with E-state index in [2.05, 4.69) is 6.07 Å². The van der Waals surface area contributed by atoms with Gasteiger partial charge in [-0.15, -0.1) is 11.8 Å². The number of hydrogen-bond acceptors (Lipinski definition) is 3. The van der Waals surface area contributed by atoms with E-state index in [4.69, 9.17) is 0 Å². The van der Waals surface area contributed by atoms with E-state index in [-0.39, 0.29) is 11.3 Å². The highest BCUT2D eigenvalue weighted by molar-refractivity contribution is 7.98. The van der Waals surface area contributed by atoms with Crippen molar-refractivity contribution in [1.82, 2.24) is 0 Å². The monoisotopic (exact) mass is 322 g/mol. The molecule has 0 atom stereocenters. The number of hydrogen-bond donors (Lipinski definition) is 0. The van der Waals surface area contributed by atoms with Crippen LogP contribution < -0.4 is 4.90 Å². The third-order valence-electron chi connectivity index (χ3n) is 4.40. The molecule has 1 fully saturated rings. The van der Waals surface area contributed by atoms with Crippen LogP contribution in [-0.4, -0.2) is 19.2 Å². The Balaban J connectivity index is 1.84. The van der Waals surface area contributed by atoms with Crippen LogP contribution >= 0.6 is 11.8 Å². The fourth-order valence-corrected chi connectivity index (χ4v) is 3.36. The van der Waals surface area contributed by atoms with Crippen LogP contribution in [0, 0.1) is 11.3 Å². The van der Waals surface area contributed by atoms with Gasteiger partial charge in [0.15, 0.2) is 0 Å². The van der Waals surface area contributed by atoms with E-state index in [9.17, 15) is 10.1 Å². The molecule has 1 amide bonds. The molecule has 1 saturated carbocycles. The van der Waals surface area contributed by atoms with Gasteiger partial charge in [-0.3, -0.25) is 4.79 Å². The summed E-state index contributed by atoms with van der Waals surface area (Å²) in [5.41, 5.74) is 2.26. The molecule has 3 nitrogen and oxygen atoms in total. The van der Waals surface area contributed by atoms with Crippen molar-refractivity contribution in [3.05, 3.63) is 59.7 Å². The molecule has 2 aromatic carbocycles. The van der Waals surface area contributed by atoms with Gasteiger partial charge in [-0.2, -0.15) is 5.26 Å². The molecule has 0 unspecified atom stereocenters. The maximum Gasteiger partial charge on any atom is 0.258 e. The molecule has 23 heavy (non-hydrogen) atoms. The number of amides is 1. The smallest absolute Gasteiger partial charge is 0.258 e. The number of benzene rings is 2. The van der Waals surface area contributed by atoms with E-state index in [1.54, 1.807) is 23.7 Å². The maximum absolute atomic E-state index is 12.7. The van der Waals surface area contributed by atoms with Gasteiger partial charge in [0.1, 0.15) is 0 Å². The maximum atomic E-state index is 12.7. The third-order valence-corrected chi connectivity index (χ3v) is 5.18. The highest BCUT2D eigenvalue weighted by Crippen LogP contribution is 2.47. The van der Waals surface area contributed by atoms with Crippen molar-refractivity contribution in [3.63, 3.8) is 0 Å². The standard InChI is InChI=1S/C19H18N2OS/c1-21(16-5-3-4-6-17(16)23-2)18(22)14-7-9-15(10-8-14)19(13-20)11-12-19/h3-10H,11-12H2,1-2H3. The summed E-state index contributed by atoms with van der Waals surface area (Å²) in [4.78, 5) is 15.5. The van der Waals surface area contributed by atoms with E-state index in [0.29, 0.717) is 5.56 Å². The van der Waals surface area contributed by atoms with Crippen LogP contribution in [0.3, 0.4) is 0 Å². The zero-order valence-corrected chi connectivity index (χ0v) is 14.1. The first-order valence-electron chi connectivity index (χ1n) is 7.54. The van der Waals surface area contributed by atoms with Gasteiger partial charge in [0.05, 0.1) is 17.2 Å². The van der Waals surface area contributed by atoms with Crippen LogP contribution in [0.25, 0.3) is 0 Å². The fourth-order valence-electron chi connectivity index (χ4n) is 2.73. The SMILES string of the molecule is CSc1ccccc1N(C)C(=O)c1ccc(C2(C#N)CC2)cc1. The lowest BCUT2D eigenvalue weighted by atomic mass is 9.96. The minimum atomic E-state index is -0.307. The molecular weight excluding hydrogens is 304 g/mol. The molecular formula is C19H18N2OS. The Morgan fingerprint density at radius 2 is 1.83 bits per heavy atom. The topological polar surface area (TPSA) is 44.1 Å². The van der Waals surface area contributed by atoms with Gasteiger partial charge in [0, 0.05) is 17.5 Å². The average Bonchev–Trinajstić information content (AvgIpc) is 3.42. The number of thioether (sulfide) groups is 1. The van der Waals surface area contributed by atoms with Crippen LogP contribution in [0.5, 0.6) is 0 Å². The van der Waals surface area contributed by atoms with Crippen LogP contribution in [0.15, 0.2) is 53.4 Å². The van der Waals surface area contributed by atoms with E-state index in [0.717, 1.165) is 29.0 Å². The number of carbonyl (C=O) groups excluding carboxylic acids is 1. The molecule has 2 aromatic rings. The zero-order valence-electron chi connectivity index (χ0n) is 13.2. The molecule has 3 rings (SSSR count). The lowest BCUT2D eigenvalue weighted by Gasteiger charge is -2.20. The van der Waals surface area contributed by atoms with Gasteiger partial charge in [-0.1, -0.05) is 24.3 Å². The molecule has 0 saturated heterocycles. The Labute approximate surface area is 140 Å². The first-order valence-corrected chi connectivity index (χ1v) is 8.77. The molecule has 116 valence electrons. The number of rotatable bonds is 4. The second-order valence-corrected chi connectivity index (χ2v) is 6.66. The number of nitrogens with zero attached hydrogens (tertiary/aromatic N) is 2. The molecule has 0 spiro atoms. The van der Waals surface area contributed by atoms with Crippen molar-refractivity contribution >= 4 is 23.4 Å². The highest BCUT2D eigenvalue weighted by Gasteiger charge is 2.44. The largest absolute Gasteiger partial charge is 0.310 e. The minimum Gasteiger partial charge on any atom is -0.310 e. The van der Waals surface area contributed by atoms with Crippen LogP contribution in [0.4, 0.5) is 5.69 Å². The summed E-state index contributed by atoms with van der Waals surface area (Å²) in [5.74, 6) is -0.0418. The Morgan fingerprint density at radius 1 is 1.17 bits per heavy atom. The van der Waals surface area contributed by atoms with Crippen molar-refractivity contribution in [2.45, 2.75) is 23.2 Å². The Bertz CT molecular complexity index is 773. The van der Waals surface area contributed by atoms with Crippen molar-refractivity contribution in [2.75, 3.05) is 18.2 Å². The van der Waals surface area contributed by atoms with Gasteiger partial charge in [0.2, 0.25) is 0 Å². The number of anilines is 1. The Morgan fingerprint density at radius 3 is 2.39 bits per heavy atom. The third kappa shape index (κ3) is 2.85. The Hall–Kier alpha value is -2.25. The zero-order chi connectivity index (χ0) is 16.4. The number of para-hydroxylation sites is 1. The quantitative estimate of drug-likeness (QED) is 0.791. The minimum absolute atomic E-state index is 0.0418. The van der Waals surface area contributed by atoms with E-state index < -0.39 is 0 Å². The summed E-state index contributed by atoms with van der Waals surface area (Å²) in [6.45, 7) is 0. The Kier molecular flexibility index (Phi) is 4.14. The van der Waals surface area contributed by atoms with E-state index >= 15 is 0 Å². The lowest BCUT2D eigenvalue weighted by Crippen LogP contribution is -2.26. The molecule has 1 aliphatic carbocycles. The summed E-state index contributed by atoms with van der Waals surface area (Å²) < 4.78 is 0. The van der Waals surface area contributed by atoms with Crippen molar-refractivity contribution < 1.29 is 4.79 Å². The first kappa shape index (κ1) is 15.6. The normalized spacial score (nSPS) is 14.8.